The molecule has 0 saturated carbocycles. The van der Waals surface area contributed by atoms with E-state index in [1.807, 2.05) is 20.8 Å². The standard InChI is InChI=1S/C5H12ClOP/c1-5(2,3)8(4,6)7/h1-4H3. The monoisotopic (exact) mass is 154 g/mol. The Bertz CT molecular complexity index is 119. The van der Waals surface area contributed by atoms with Crippen molar-refractivity contribution in [2.24, 2.45) is 0 Å². The lowest BCUT2D eigenvalue weighted by atomic mass is 10.3. The number of halogens is 1. The summed E-state index contributed by atoms with van der Waals surface area (Å²) in [5, 5.41) is -0.242. The Morgan fingerprint density at radius 2 is 1.50 bits per heavy atom. The molecule has 1 atom stereocenters. The van der Waals surface area contributed by atoms with Crippen molar-refractivity contribution in [3.8, 4) is 0 Å². The van der Waals surface area contributed by atoms with Gasteiger partial charge in [-0.05, 0) is 0 Å². The van der Waals surface area contributed by atoms with E-state index in [4.69, 9.17) is 11.2 Å². The van der Waals surface area contributed by atoms with Crippen LogP contribution in [-0.4, -0.2) is 11.8 Å². The molecule has 0 aliphatic rings. The first-order chi connectivity index (χ1) is 3.25. The van der Waals surface area contributed by atoms with Gasteiger partial charge in [0.25, 0.3) is 0 Å². The van der Waals surface area contributed by atoms with Gasteiger partial charge in [0.15, 0.2) is 6.49 Å². The fourth-order valence-corrected chi connectivity index (χ4v) is 0. The van der Waals surface area contributed by atoms with Crippen molar-refractivity contribution in [1.29, 1.82) is 0 Å². The van der Waals surface area contributed by atoms with Crippen molar-refractivity contribution in [3.05, 3.63) is 0 Å². The second-order valence-electron chi connectivity index (χ2n) is 2.99. The molecule has 0 amide bonds. The van der Waals surface area contributed by atoms with Gasteiger partial charge in [-0.15, -0.1) is 0 Å². The molecule has 0 bridgehead atoms. The van der Waals surface area contributed by atoms with Crippen LogP contribution in [0.1, 0.15) is 20.8 Å². The Morgan fingerprint density at radius 3 is 1.50 bits per heavy atom. The predicted molar refractivity (Wildman–Crippen MR) is 39.1 cm³/mol. The molecule has 0 fully saturated rings. The van der Waals surface area contributed by atoms with Crippen LogP contribution in [0, 0.1) is 0 Å². The molecule has 0 rings (SSSR count). The molecule has 0 spiro atoms. The van der Waals surface area contributed by atoms with Crippen LogP contribution in [-0.2, 0) is 4.57 Å². The molecule has 0 aromatic carbocycles. The summed E-state index contributed by atoms with van der Waals surface area (Å²) in [6, 6.07) is 0. The number of hydrogen-bond acceptors (Lipinski definition) is 1. The Labute approximate surface area is 55.6 Å². The quantitative estimate of drug-likeness (QED) is 0.491. The van der Waals surface area contributed by atoms with Gasteiger partial charge >= 0.3 is 0 Å². The maximum atomic E-state index is 11.0. The van der Waals surface area contributed by atoms with E-state index in [0.717, 1.165) is 0 Å². The molecular formula is C5H12ClOP. The van der Waals surface area contributed by atoms with Crippen LogP contribution in [0.15, 0.2) is 0 Å². The maximum absolute atomic E-state index is 11.0. The van der Waals surface area contributed by atoms with E-state index in [9.17, 15) is 4.57 Å². The predicted octanol–water partition coefficient (Wildman–Crippen LogP) is 2.93. The molecule has 0 aromatic rings. The third kappa shape index (κ3) is 2.19. The molecule has 3 heteroatoms. The Morgan fingerprint density at radius 1 is 1.38 bits per heavy atom. The molecule has 0 aliphatic carbocycles. The van der Waals surface area contributed by atoms with Gasteiger partial charge in [0, 0.05) is 11.8 Å². The summed E-state index contributed by atoms with van der Waals surface area (Å²) in [6.45, 7) is 4.84. The van der Waals surface area contributed by atoms with Gasteiger partial charge < -0.3 is 4.57 Å². The van der Waals surface area contributed by atoms with Crippen molar-refractivity contribution in [1.82, 2.24) is 0 Å². The summed E-state index contributed by atoms with van der Waals surface area (Å²) in [6.07, 6.45) is 0. The molecule has 0 radical (unpaired) electrons. The Balaban J connectivity index is 4.26. The largest absolute Gasteiger partial charge is 0.306 e. The zero-order valence-corrected chi connectivity index (χ0v) is 7.38. The normalized spacial score (nSPS) is 20.1. The highest BCUT2D eigenvalue weighted by Gasteiger charge is 2.28. The summed E-state index contributed by atoms with van der Waals surface area (Å²) >= 11 is 5.56. The summed E-state index contributed by atoms with van der Waals surface area (Å²) < 4.78 is 11.0. The fourth-order valence-electron chi connectivity index (χ4n) is 0. The highest BCUT2D eigenvalue weighted by Crippen LogP contribution is 2.58. The zero-order valence-electron chi connectivity index (χ0n) is 5.73. The molecule has 50 valence electrons. The highest BCUT2D eigenvalue weighted by atomic mass is 35.7. The van der Waals surface area contributed by atoms with E-state index in [1.54, 1.807) is 6.66 Å². The molecule has 1 nitrogen and oxygen atoms in total. The summed E-state index contributed by atoms with van der Waals surface area (Å²) in [5.74, 6) is 0. The second kappa shape index (κ2) is 2.04. The molecule has 0 aromatic heterocycles. The van der Waals surface area contributed by atoms with E-state index >= 15 is 0 Å². The van der Waals surface area contributed by atoms with E-state index < -0.39 is 6.49 Å². The lowest BCUT2D eigenvalue weighted by molar-refractivity contribution is 0.565. The first kappa shape index (κ1) is 8.52. The van der Waals surface area contributed by atoms with Crippen LogP contribution in [0.3, 0.4) is 0 Å². The topological polar surface area (TPSA) is 17.1 Å². The highest BCUT2D eigenvalue weighted by molar-refractivity contribution is 7.89. The van der Waals surface area contributed by atoms with Gasteiger partial charge in [-0.3, -0.25) is 0 Å². The minimum Gasteiger partial charge on any atom is -0.306 e. The van der Waals surface area contributed by atoms with Crippen LogP contribution in [0.5, 0.6) is 0 Å². The van der Waals surface area contributed by atoms with Crippen molar-refractivity contribution in [3.63, 3.8) is 0 Å². The minimum atomic E-state index is -2.38. The van der Waals surface area contributed by atoms with Crippen LogP contribution >= 0.6 is 17.7 Å². The lowest BCUT2D eigenvalue weighted by Gasteiger charge is -2.20. The van der Waals surface area contributed by atoms with Gasteiger partial charge in [0.1, 0.15) is 0 Å². The summed E-state index contributed by atoms with van der Waals surface area (Å²) in [5.41, 5.74) is 0. The van der Waals surface area contributed by atoms with E-state index in [2.05, 4.69) is 0 Å². The summed E-state index contributed by atoms with van der Waals surface area (Å²) in [4.78, 5) is 0. The molecule has 8 heavy (non-hydrogen) atoms. The average Bonchev–Trinajstić information content (AvgIpc) is 1.25. The third-order valence-electron chi connectivity index (χ3n) is 1.20. The SMILES string of the molecule is CC(C)(C)P(C)(=O)Cl. The molecular weight excluding hydrogens is 142 g/mol. The van der Waals surface area contributed by atoms with E-state index in [-0.39, 0.29) is 5.16 Å². The molecule has 0 N–H and O–H groups in total. The Hall–Kier alpha value is 0.520. The van der Waals surface area contributed by atoms with Gasteiger partial charge in [-0.1, -0.05) is 32.0 Å². The van der Waals surface area contributed by atoms with Crippen LogP contribution in [0.2, 0.25) is 0 Å². The van der Waals surface area contributed by atoms with Crippen LogP contribution in [0.25, 0.3) is 0 Å². The van der Waals surface area contributed by atoms with Crippen LogP contribution in [0.4, 0.5) is 0 Å². The van der Waals surface area contributed by atoms with Gasteiger partial charge in [0.05, 0.1) is 0 Å². The smallest absolute Gasteiger partial charge is 0.171 e. The van der Waals surface area contributed by atoms with Gasteiger partial charge in [0.2, 0.25) is 0 Å². The van der Waals surface area contributed by atoms with Crippen molar-refractivity contribution < 1.29 is 4.57 Å². The minimum absolute atomic E-state index is 0.242. The zero-order chi connectivity index (χ0) is 7.00. The molecule has 0 saturated heterocycles. The van der Waals surface area contributed by atoms with Gasteiger partial charge in [-0.2, -0.15) is 0 Å². The molecule has 0 aliphatic heterocycles. The molecule has 1 unspecified atom stereocenters. The lowest BCUT2D eigenvalue weighted by Crippen LogP contribution is -2.09. The Kier molecular flexibility index (Phi) is 2.17. The van der Waals surface area contributed by atoms with E-state index in [1.165, 1.54) is 0 Å². The number of rotatable bonds is 0. The van der Waals surface area contributed by atoms with Gasteiger partial charge in [-0.25, -0.2) is 0 Å². The average molecular weight is 155 g/mol. The number of hydrogen-bond donors (Lipinski definition) is 0. The first-order valence-electron chi connectivity index (χ1n) is 2.52. The summed E-state index contributed by atoms with van der Waals surface area (Å²) in [7, 11) is 0. The molecule has 0 heterocycles. The second-order valence-corrected chi connectivity index (χ2v) is 7.91. The van der Waals surface area contributed by atoms with E-state index in [0.29, 0.717) is 0 Å². The van der Waals surface area contributed by atoms with Crippen molar-refractivity contribution in [2.45, 2.75) is 25.9 Å². The fraction of sp³-hybridized carbons (Fsp3) is 1.00. The first-order valence-corrected chi connectivity index (χ1v) is 5.58. The van der Waals surface area contributed by atoms with Crippen LogP contribution < -0.4 is 0 Å². The van der Waals surface area contributed by atoms with Crippen molar-refractivity contribution in [2.75, 3.05) is 6.66 Å². The third-order valence-corrected chi connectivity index (χ3v) is 5.12. The van der Waals surface area contributed by atoms with Crippen molar-refractivity contribution >= 4 is 17.7 Å². The maximum Gasteiger partial charge on any atom is 0.171 e.